The van der Waals surface area contributed by atoms with Crippen molar-refractivity contribution in [3.05, 3.63) is 63.7 Å². The predicted molar refractivity (Wildman–Crippen MR) is 119 cm³/mol. The first-order valence-corrected chi connectivity index (χ1v) is 10.3. The van der Waals surface area contributed by atoms with Gasteiger partial charge in [-0.3, -0.25) is 9.78 Å². The average Bonchev–Trinajstić information content (AvgIpc) is 2.70. The van der Waals surface area contributed by atoms with E-state index in [0.29, 0.717) is 11.6 Å². The van der Waals surface area contributed by atoms with Gasteiger partial charge in [0.05, 0.1) is 5.52 Å². The van der Waals surface area contributed by atoms with Crippen molar-refractivity contribution >= 4 is 28.2 Å². The van der Waals surface area contributed by atoms with Gasteiger partial charge in [-0.25, -0.2) is 0 Å². The highest BCUT2D eigenvalue weighted by molar-refractivity contribution is 6.31. The van der Waals surface area contributed by atoms with Gasteiger partial charge in [0, 0.05) is 60.4 Å². The number of nitrogens with zero attached hydrogens (tertiary/aromatic N) is 2. The molecule has 0 aliphatic heterocycles. The molecule has 154 valence electrons. The molecule has 0 aliphatic carbocycles. The molecule has 7 heteroatoms. The van der Waals surface area contributed by atoms with Crippen molar-refractivity contribution in [2.75, 3.05) is 18.4 Å². The second-order valence-electron chi connectivity index (χ2n) is 7.16. The Morgan fingerprint density at radius 1 is 1.10 bits per heavy atom. The number of benzene rings is 1. The Labute approximate surface area is 175 Å². The summed E-state index contributed by atoms with van der Waals surface area (Å²) in [4.78, 5) is 15.9. The van der Waals surface area contributed by atoms with Crippen LogP contribution in [0, 0.1) is 0 Å². The van der Waals surface area contributed by atoms with Crippen LogP contribution in [-0.4, -0.2) is 27.7 Å². The standard InChI is InChI=1S/C22H27ClN4O2/c1-27-15-22(29)21(28)13-17(27)14-24-9-4-2-3-5-10-25-19-8-11-26-20-12-16(23)6-7-18(19)20/h6-8,11-13,15,24,29H,2-5,9-10,14H2,1H3,(H,25,26). The van der Waals surface area contributed by atoms with Crippen LogP contribution in [0.2, 0.25) is 5.02 Å². The van der Waals surface area contributed by atoms with Crippen LogP contribution in [0.25, 0.3) is 10.9 Å². The maximum Gasteiger partial charge on any atom is 0.223 e. The Bertz CT molecular complexity index is 1020. The number of hydrogen-bond donors (Lipinski definition) is 3. The number of nitrogens with one attached hydrogen (secondary N) is 2. The number of anilines is 1. The summed E-state index contributed by atoms with van der Waals surface area (Å²) in [5.74, 6) is -0.214. The molecular weight excluding hydrogens is 388 g/mol. The molecule has 3 aromatic rings. The minimum Gasteiger partial charge on any atom is -0.503 e. The molecule has 0 radical (unpaired) electrons. The highest BCUT2D eigenvalue weighted by Crippen LogP contribution is 2.24. The summed E-state index contributed by atoms with van der Waals surface area (Å²) in [6.45, 7) is 2.44. The van der Waals surface area contributed by atoms with Crippen LogP contribution in [-0.2, 0) is 13.6 Å². The molecular formula is C22H27ClN4O2. The van der Waals surface area contributed by atoms with Crippen molar-refractivity contribution in [3.63, 3.8) is 0 Å². The van der Waals surface area contributed by atoms with Gasteiger partial charge in [0.2, 0.25) is 5.43 Å². The van der Waals surface area contributed by atoms with E-state index in [2.05, 4.69) is 15.6 Å². The fourth-order valence-electron chi connectivity index (χ4n) is 3.28. The quantitative estimate of drug-likeness (QED) is 0.436. The van der Waals surface area contributed by atoms with Crippen LogP contribution in [0.15, 0.2) is 47.5 Å². The molecule has 6 nitrogen and oxygen atoms in total. The van der Waals surface area contributed by atoms with Crippen LogP contribution in [0.5, 0.6) is 5.75 Å². The van der Waals surface area contributed by atoms with Crippen LogP contribution in [0.3, 0.4) is 0 Å². The molecule has 0 aliphatic rings. The van der Waals surface area contributed by atoms with Crippen molar-refractivity contribution < 1.29 is 5.11 Å². The molecule has 29 heavy (non-hydrogen) atoms. The van der Waals surface area contributed by atoms with Gasteiger partial charge in [0.15, 0.2) is 5.75 Å². The van der Waals surface area contributed by atoms with Crippen molar-refractivity contribution in [1.82, 2.24) is 14.9 Å². The third-order valence-corrected chi connectivity index (χ3v) is 5.16. The normalized spacial score (nSPS) is 11.1. The van der Waals surface area contributed by atoms with E-state index >= 15 is 0 Å². The highest BCUT2D eigenvalue weighted by atomic mass is 35.5. The minimum atomic E-state index is -0.336. The van der Waals surface area contributed by atoms with E-state index < -0.39 is 0 Å². The summed E-state index contributed by atoms with van der Waals surface area (Å²) < 4.78 is 1.77. The Morgan fingerprint density at radius 2 is 1.90 bits per heavy atom. The van der Waals surface area contributed by atoms with E-state index in [-0.39, 0.29) is 11.2 Å². The second kappa shape index (κ2) is 10.3. The van der Waals surface area contributed by atoms with E-state index in [0.717, 1.165) is 61.1 Å². The molecule has 0 atom stereocenters. The maximum atomic E-state index is 11.5. The Hall–Kier alpha value is -2.57. The Kier molecular flexibility index (Phi) is 7.49. The largest absolute Gasteiger partial charge is 0.503 e. The first-order chi connectivity index (χ1) is 14.0. The zero-order valence-corrected chi connectivity index (χ0v) is 17.4. The van der Waals surface area contributed by atoms with Crippen LogP contribution in [0.4, 0.5) is 5.69 Å². The smallest absolute Gasteiger partial charge is 0.223 e. The third-order valence-electron chi connectivity index (χ3n) is 4.93. The molecule has 2 heterocycles. The zero-order chi connectivity index (χ0) is 20.6. The predicted octanol–water partition coefficient (Wildman–Crippen LogP) is 4.05. The zero-order valence-electron chi connectivity index (χ0n) is 16.6. The van der Waals surface area contributed by atoms with Gasteiger partial charge < -0.3 is 20.3 Å². The summed E-state index contributed by atoms with van der Waals surface area (Å²) >= 11 is 6.03. The van der Waals surface area contributed by atoms with E-state index in [1.807, 2.05) is 31.3 Å². The molecule has 0 fully saturated rings. The van der Waals surface area contributed by atoms with Gasteiger partial charge in [0.25, 0.3) is 0 Å². The first-order valence-electron chi connectivity index (χ1n) is 9.92. The lowest BCUT2D eigenvalue weighted by atomic mass is 10.1. The fraction of sp³-hybridized carbons (Fsp3) is 0.364. The number of unbranched alkanes of at least 4 members (excludes halogenated alkanes) is 3. The van der Waals surface area contributed by atoms with Gasteiger partial charge >= 0.3 is 0 Å². The number of fused-ring (bicyclic) bond motifs is 1. The number of aromatic hydroxyl groups is 1. The molecule has 1 aromatic carbocycles. The van der Waals surface area contributed by atoms with Crippen LogP contribution in [0.1, 0.15) is 31.4 Å². The molecule has 3 N–H and O–H groups in total. The molecule has 3 rings (SSSR count). The van der Waals surface area contributed by atoms with Gasteiger partial charge in [-0.2, -0.15) is 0 Å². The third kappa shape index (κ3) is 5.95. The summed E-state index contributed by atoms with van der Waals surface area (Å²) in [7, 11) is 1.82. The van der Waals surface area contributed by atoms with E-state index in [9.17, 15) is 9.90 Å². The highest BCUT2D eigenvalue weighted by Gasteiger charge is 2.03. The molecule has 0 unspecified atom stereocenters. The summed E-state index contributed by atoms with van der Waals surface area (Å²) in [6.07, 6.45) is 7.74. The van der Waals surface area contributed by atoms with E-state index in [1.54, 1.807) is 10.8 Å². The van der Waals surface area contributed by atoms with Gasteiger partial charge in [-0.1, -0.05) is 24.4 Å². The number of rotatable bonds is 10. The topological polar surface area (TPSA) is 79.2 Å². The van der Waals surface area contributed by atoms with E-state index in [4.69, 9.17) is 11.6 Å². The summed E-state index contributed by atoms with van der Waals surface area (Å²) in [5.41, 5.74) is 2.52. The number of aromatic nitrogens is 2. The van der Waals surface area contributed by atoms with Crippen LogP contribution >= 0.6 is 11.6 Å². The number of pyridine rings is 2. The molecule has 2 aromatic heterocycles. The fourth-order valence-corrected chi connectivity index (χ4v) is 3.44. The molecule has 0 spiro atoms. The lowest BCUT2D eigenvalue weighted by Crippen LogP contribution is -2.19. The Morgan fingerprint density at radius 3 is 2.72 bits per heavy atom. The van der Waals surface area contributed by atoms with Gasteiger partial charge in [-0.05, 0) is 43.7 Å². The van der Waals surface area contributed by atoms with Crippen molar-refractivity contribution in [1.29, 1.82) is 0 Å². The number of halogens is 1. The number of hydrogen-bond acceptors (Lipinski definition) is 5. The van der Waals surface area contributed by atoms with E-state index in [1.165, 1.54) is 12.3 Å². The minimum absolute atomic E-state index is 0.214. The average molecular weight is 415 g/mol. The van der Waals surface area contributed by atoms with Gasteiger partial charge in [-0.15, -0.1) is 0 Å². The lowest BCUT2D eigenvalue weighted by molar-refractivity contribution is 0.461. The maximum absolute atomic E-state index is 11.5. The SMILES string of the molecule is Cn1cc(O)c(=O)cc1CNCCCCCCNc1ccnc2cc(Cl)ccc12. The van der Waals surface area contributed by atoms with Crippen molar-refractivity contribution in [2.24, 2.45) is 7.05 Å². The van der Waals surface area contributed by atoms with Gasteiger partial charge in [0.1, 0.15) is 0 Å². The molecule has 0 saturated carbocycles. The number of aryl methyl sites for hydroxylation is 1. The summed E-state index contributed by atoms with van der Waals surface area (Å²) in [5, 5.41) is 18.0. The first kappa shape index (κ1) is 21.1. The van der Waals surface area contributed by atoms with Crippen molar-refractivity contribution in [2.45, 2.75) is 32.2 Å². The Balaban J connectivity index is 1.31. The van der Waals surface area contributed by atoms with Crippen molar-refractivity contribution in [3.8, 4) is 5.75 Å². The summed E-state index contributed by atoms with van der Waals surface area (Å²) in [6, 6.07) is 9.25. The monoisotopic (exact) mass is 414 g/mol. The second-order valence-corrected chi connectivity index (χ2v) is 7.60. The molecule has 0 bridgehead atoms. The molecule has 0 saturated heterocycles. The van der Waals surface area contributed by atoms with Crippen LogP contribution < -0.4 is 16.1 Å². The molecule has 0 amide bonds. The lowest BCUT2D eigenvalue weighted by Gasteiger charge is -2.11.